The van der Waals surface area contributed by atoms with Gasteiger partial charge in [-0.05, 0) is 22.3 Å². The first-order valence-electron chi connectivity index (χ1n) is 12.5. The van der Waals surface area contributed by atoms with Gasteiger partial charge >= 0.3 is 0 Å². The molecule has 0 saturated heterocycles. The number of carbonyl (C=O) groups excluding carboxylic acids is 2. The zero-order chi connectivity index (χ0) is 27.2. The van der Waals surface area contributed by atoms with E-state index in [9.17, 15) is 19.8 Å². The zero-order valence-electron chi connectivity index (χ0n) is 21.6. The number of hydrogen-bond donors (Lipinski definition) is 2. The Morgan fingerprint density at radius 3 is 0.921 bits per heavy atom. The van der Waals surface area contributed by atoms with Gasteiger partial charge in [0.2, 0.25) is 0 Å². The number of nitrogens with zero attached hydrogens (tertiary/aromatic N) is 2. The molecule has 0 bridgehead atoms. The van der Waals surface area contributed by atoms with Crippen LogP contribution < -0.4 is 0 Å². The van der Waals surface area contributed by atoms with Crippen LogP contribution in [-0.4, -0.2) is 59.0 Å². The third-order valence-corrected chi connectivity index (χ3v) is 6.85. The molecule has 0 saturated carbocycles. The third kappa shape index (κ3) is 5.09. The Kier molecular flexibility index (Phi) is 8.05. The minimum absolute atomic E-state index is 0.142. The molecule has 2 N–H and O–H groups in total. The summed E-state index contributed by atoms with van der Waals surface area (Å²) < 4.78 is 0. The summed E-state index contributed by atoms with van der Waals surface area (Å²) in [5, 5.41) is 23.6. The number of likely N-dealkylation sites (N-methyl/N-ethyl adjacent to an activating group) is 2. The number of rotatable bonds is 9. The maximum Gasteiger partial charge on any atom is 0.263 e. The Balaban J connectivity index is 1.57. The highest BCUT2D eigenvalue weighted by atomic mass is 16.3. The summed E-state index contributed by atoms with van der Waals surface area (Å²) in [6, 6.07) is 35.2. The molecule has 0 atom stereocenters. The van der Waals surface area contributed by atoms with Gasteiger partial charge in [0.25, 0.3) is 11.8 Å². The van der Waals surface area contributed by atoms with E-state index < -0.39 is 23.0 Å². The topological polar surface area (TPSA) is 81.1 Å². The van der Waals surface area contributed by atoms with Gasteiger partial charge in [0.05, 0.1) is 0 Å². The van der Waals surface area contributed by atoms with Crippen molar-refractivity contribution in [1.82, 2.24) is 9.80 Å². The fourth-order valence-corrected chi connectivity index (χ4v) is 4.60. The minimum atomic E-state index is -1.89. The van der Waals surface area contributed by atoms with Crippen LogP contribution in [0.1, 0.15) is 22.3 Å². The van der Waals surface area contributed by atoms with Gasteiger partial charge in [-0.1, -0.05) is 121 Å². The van der Waals surface area contributed by atoms with Gasteiger partial charge in [-0.3, -0.25) is 9.59 Å². The van der Waals surface area contributed by atoms with E-state index >= 15 is 0 Å². The van der Waals surface area contributed by atoms with E-state index in [0.29, 0.717) is 22.3 Å². The molecular formula is C32H32N2O4. The fourth-order valence-electron chi connectivity index (χ4n) is 4.60. The highest BCUT2D eigenvalue weighted by Gasteiger charge is 2.43. The minimum Gasteiger partial charge on any atom is -0.372 e. The number of benzene rings is 4. The van der Waals surface area contributed by atoms with Crippen molar-refractivity contribution in [2.75, 3.05) is 27.2 Å². The van der Waals surface area contributed by atoms with Gasteiger partial charge in [0, 0.05) is 27.2 Å². The summed E-state index contributed by atoms with van der Waals surface area (Å²) in [5.41, 5.74) is -1.97. The molecule has 0 spiro atoms. The maximum absolute atomic E-state index is 13.7. The standard InChI is InChI=1S/C32H32N2O4/c1-33(29(35)31(37,25-15-7-3-8-16-25)26-17-9-4-10-18-26)23-24-34(2)30(36)32(38,27-19-11-5-12-20-27)28-21-13-6-14-22-28/h3-22,37-38H,23-24H2,1-2H3. The van der Waals surface area contributed by atoms with Crippen molar-refractivity contribution in [3.63, 3.8) is 0 Å². The molecule has 4 aromatic rings. The predicted octanol–water partition coefficient (Wildman–Crippen LogP) is 3.78. The molecule has 0 fully saturated rings. The molecule has 0 aliphatic carbocycles. The van der Waals surface area contributed by atoms with Gasteiger partial charge in [-0.25, -0.2) is 0 Å². The van der Waals surface area contributed by atoms with E-state index in [1.807, 2.05) is 24.3 Å². The van der Waals surface area contributed by atoms with Crippen LogP contribution in [0, 0.1) is 0 Å². The van der Waals surface area contributed by atoms with Crippen molar-refractivity contribution < 1.29 is 19.8 Å². The van der Waals surface area contributed by atoms with E-state index in [2.05, 4.69) is 0 Å². The Morgan fingerprint density at radius 1 is 0.500 bits per heavy atom. The van der Waals surface area contributed by atoms with Gasteiger partial charge < -0.3 is 20.0 Å². The van der Waals surface area contributed by atoms with Crippen molar-refractivity contribution in [3.8, 4) is 0 Å². The van der Waals surface area contributed by atoms with Crippen LogP contribution in [0.15, 0.2) is 121 Å². The van der Waals surface area contributed by atoms with E-state index in [1.165, 1.54) is 9.80 Å². The first-order valence-corrected chi connectivity index (χ1v) is 12.5. The van der Waals surface area contributed by atoms with Crippen LogP contribution in [0.2, 0.25) is 0 Å². The maximum atomic E-state index is 13.7. The summed E-state index contributed by atoms with van der Waals surface area (Å²) in [4.78, 5) is 30.2. The molecule has 4 rings (SSSR count). The van der Waals surface area contributed by atoms with Crippen molar-refractivity contribution in [1.29, 1.82) is 0 Å². The number of amides is 2. The first kappa shape index (κ1) is 26.8. The van der Waals surface area contributed by atoms with Crippen LogP contribution >= 0.6 is 0 Å². The summed E-state index contributed by atoms with van der Waals surface area (Å²) in [5.74, 6) is -1.03. The second kappa shape index (κ2) is 11.4. The summed E-state index contributed by atoms with van der Waals surface area (Å²) in [6.45, 7) is 0.283. The lowest BCUT2D eigenvalue weighted by Crippen LogP contribution is -2.51. The summed E-state index contributed by atoms with van der Waals surface area (Å²) >= 11 is 0. The molecule has 6 nitrogen and oxygen atoms in total. The molecule has 2 amide bonds. The molecule has 0 unspecified atom stereocenters. The Labute approximate surface area is 223 Å². The molecular weight excluding hydrogens is 476 g/mol. The quantitative estimate of drug-likeness (QED) is 0.361. The van der Waals surface area contributed by atoms with Crippen LogP contribution in [0.4, 0.5) is 0 Å². The molecule has 0 radical (unpaired) electrons. The fraction of sp³-hybridized carbons (Fsp3) is 0.188. The SMILES string of the molecule is CN(CCN(C)C(=O)C(O)(c1ccccc1)c1ccccc1)C(=O)C(O)(c1ccccc1)c1ccccc1. The van der Waals surface area contributed by atoms with Crippen molar-refractivity contribution >= 4 is 11.8 Å². The zero-order valence-corrected chi connectivity index (χ0v) is 21.6. The highest BCUT2D eigenvalue weighted by Crippen LogP contribution is 2.33. The Morgan fingerprint density at radius 2 is 0.711 bits per heavy atom. The molecule has 0 aromatic heterocycles. The number of aliphatic hydroxyl groups is 2. The molecule has 38 heavy (non-hydrogen) atoms. The average molecular weight is 509 g/mol. The van der Waals surface area contributed by atoms with Gasteiger partial charge in [-0.15, -0.1) is 0 Å². The van der Waals surface area contributed by atoms with E-state index in [4.69, 9.17) is 0 Å². The average Bonchev–Trinajstić information content (AvgIpc) is 2.99. The van der Waals surface area contributed by atoms with Crippen molar-refractivity contribution in [2.24, 2.45) is 0 Å². The predicted molar refractivity (Wildman–Crippen MR) is 147 cm³/mol. The molecule has 0 aliphatic rings. The van der Waals surface area contributed by atoms with Crippen molar-refractivity contribution in [2.45, 2.75) is 11.2 Å². The van der Waals surface area contributed by atoms with Gasteiger partial charge in [0.15, 0.2) is 11.2 Å². The third-order valence-electron chi connectivity index (χ3n) is 6.85. The second-order valence-corrected chi connectivity index (χ2v) is 9.34. The normalized spacial score (nSPS) is 11.6. The Hall–Kier alpha value is -4.26. The van der Waals surface area contributed by atoms with E-state index in [1.54, 1.807) is 111 Å². The smallest absolute Gasteiger partial charge is 0.263 e. The largest absolute Gasteiger partial charge is 0.372 e. The molecule has 6 heteroatoms. The molecule has 0 heterocycles. The monoisotopic (exact) mass is 508 g/mol. The summed E-state index contributed by atoms with van der Waals surface area (Å²) in [6.07, 6.45) is 0. The number of hydrogen-bond acceptors (Lipinski definition) is 4. The molecule has 4 aromatic carbocycles. The number of carbonyl (C=O) groups is 2. The molecule has 0 aliphatic heterocycles. The Bertz CT molecular complexity index is 1160. The van der Waals surface area contributed by atoms with Gasteiger partial charge in [-0.2, -0.15) is 0 Å². The lowest BCUT2D eigenvalue weighted by Gasteiger charge is -2.35. The first-order chi connectivity index (χ1) is 18.3. The highest BCUT2D eigenvalue weighted by molar-refractivity contribution is 5.91. The summed E-state index contributed by atoms with van der Waals surface area (Å²) in [7, 11) is 3.19. The molecule has 194 valence electrons. The van der Waals surface area contributed by atoms with E-state index in [-0.39, 0.29) is 13.1 Å². The second-order valence-electron chi connectivity index (χ2n) is 9.34. The van der Waals surface area contributed by atoms with Crippen LogP contribution in [0.25, 0.3) is 0 Å². The van der Waals surface area contributed by atoms with Crippen molar-refractivity contribution in [3.05, 3.63) is 144 Å². The van der Waals surface area contributed by atoms with Crippen LogP contribution in [0.3, 0.4) is 0 Å². The lowest BCUT2D eigenvalue weighted by atomic mass is 9.85. The van der Waals surface area contributed by atoms with E-state index in [0.717, 1.165) is 0 Å². The van der Waals surface area contributed by atoms with Crippen LogP contribution in [0.5, 0.6) is 0 Å². The van der Waals surface area contributed by atoms with Crippen LogP contribution in [-0.2, 0) is 20.8 Å². The van der Waals surface area contributed by atoms with Gasteiger partial charge in [0.1, 0.15) is 0 Å². The lowest BCUT2D eigenvalue weighted by molar-refractivity contribution is -0.150.